The minimum absolute atomic E-state index is 0.124. The minimum Gasteiger partial charge on any atom is -0.440 e. The third-order valence-electron chi connectivity index (χ3n) is 2.81. The van der Waals surface area contributed by atoms with Gasteiger partial charge in [0.15, 0.2) is 11.7 Å². The summed E-state index contributed by atoms with van der Waals surface area (Å²) in [6.07, 6.45) is -5.94. The smallest absolute Gasteiger partial charge is 0.422 e. The standard InChI is InChI=1S/C15H14F3N3O3S/c16-15(17,18)9-24-14(23)19-7-6-12(22)21-13-20-11(8-25-13)10-4-2-1-3-5-10/h1-5,8H,6-7,9H2,(H,19,23)(H,20,21,22). The number of hydrogen-bond donors (Lipinski definition) is 2. The summed E-state index contributed by atoms with van der Waals surface area (Å²) in [5.74, 6) is -0.426. The van der Waals surface area contributed by atoms with Crippen LogP contribution < -0.4 is 10.6 Å². The molecule has 2 rings (SSSR count). The first kappa shape index (κ1) is 18.7. The Morgan fingerprint density at radius 1 is 1.20 bits per heavy atom. The van der Waals surface area contributed by atoms with Crippen LogP contribution in [0, 0.1) is 0 Å². The SMILES string of the molecule is O=C(CCNC(=O)OCC(F)(F)F)Nc1nc(-c2ccccc2)cs1. The van der Waals surface area contributed by atoms with E-state index in [0.29, 0.717) is 5.13 Å². The number of aromatic nitrogens is 1. The molecule has 0 aliphatic rings. The molecule has 2 N–H and O–H groups in total. The van der Waals surface area contributed by atoms with Crippen LogP contribution >= 0.6 is 11.3 Å². The van der Waals surface area contributed by atoms with Crippen molar-refractivity contribution in [2.24, 2.45) is 0 Å². The Morgan fingerprint density at radius 3 is 2.60 bits per heavy atom. The number of amides is 2. The van der Waals surface area contributed by atoms with E-state index >= 15 is 0 Å². The maximum absolute atomic E-state index is 11.9. The Balaban J connectivity index is 1.72. The molecular formula is C15H14F3N3O3S. The highest BCUT2D eigenvalue weighted by Gasteiger charge is 2.29. The predicted octanol–water partition coefficient (Wildman–Crippen LogP) is 3.43. The zero-order chi connectivity index (χ0) is 18.3. The van der Waals surface area contributed by atoms with Crippen molar-refractivity contribution in [3.8, 4) is 11.3 Å². The second-order valence-electron chi connectivity index (χ2n) is 4.82. The van der Waals surface area contributed by atoms with Gasteiger partial charge in [-0.1, -0.05) is 30.3 Å². The molecule has 0 aliphatic carbocycles. The number of carbonyl (C=O) groups excluding carboxylic acids is 2. The fourth-order valence-corrected chi connectivity index (χ4v) is 2.47. The van der Waals surface area contributed by atoms with E-state index in [1.165, 1.54) is 11.3 Å². The summed E-state index contributed by atoms with van der Waals surface area (Å²) in [7, 11) is 0. The van der Waals surface area contributed by atoms with E-state index in [4.69, 9.17) is 0 Å². The molecule has 134 valence electrons. The molecule has 0 unspecified atom stereocenters. The molecule has 1 heterocycles. The normalized spacial score (nSPS) is 11.0. The Morgan fingerprint density at radius 2 is 1.92 bits per heavy atom. The zero-order valence-electron chi connectivity index (χ0n) is 12.8. The fraction of sp³-hybridized carbons (Fsp3) is 0.267. The number of thiazole rings is 1. The lowest BCUT2D eigenvalue weighted by atomic mass is 10.2. The van der Waals surface area contributed by atoms with Gasteiger partial charge in [-0.3, -0.25) is 4.79 Å². The van der Waals surface area contributed by atoms with Gasteiger partial charge in [-0.25, -0.2) is 9.78 Å². The summed E-state index contributed by atoms with van der Waals surface area (Å²) in [5, 5.41) is 6.80. The summed E-state index contributed by atoms with van der Waals surface area (Å²) in [6.45, 7) is -1.83. The molecule has 0 fully saturated rings. The fourth-order valence-electron chi connectivity index (χ4n) is 1.73. The summed E-state index contributed by atoms with van der Waals surface area (Å²) < 4.78 is 39.5. The number of halogens is 3. The monoisotopic (exact) mass is 373 g/mol. The van der Waals surface area contributed by atoms with Crippen LogP contribution in [-0.2, 0) is 9.53 Å². The molecule has 25 heavy (non-hydrogen) atoms. The van der Waals surface area contributed by atoms with Crippen molar-refractivity contribution < 1.29 is 27.5 Å². The second kappa shape index (κ2) is 8.47. The van der Waals surface area contributed by atoms with Gasteiger partial charge in [-0.05, 0) is 0 Å². The molecule has 6 nitrogen and oxygen atoms in total. The number of alkyl halides is 3. The summed E-state index contributed by atoms with van der Waals surface area (Å²) in [6, 6.07) is 9.40. The van der Waals surface area contributed by atoms with Crippen LogP contribution in [0.2, 0.25) is 0 Å². The quantitative estimate of drug-likeness (QED) is 0.813. The average molecular weight is 373 g/mol. The molecule has 0 bridgehead atoms. The zero-order valence-corrected chi connectivity index (χ0v) is 13.6. The lowest BCUT2D eigenvalue weighted by molar-refractivity contribution is -0.160. The molecule has 10 heteroatoms. The van der Waals surface area contributed by atoms with Gasteiger partial charge in [-0.15, -0.1) is 11.3 Å². The molecule has 0 radical (unpaired) electrons. The van der Waals surface area contributed by atoms with Crippen LogP contribution in [0.25, 0.3) is 11.3 Å². The number of ether oxygens (including phenoxy) is 1. The van der Waals surface area contributed by atoms with Crippen LogP contribution in [0.3, 0.4) is 0 Å². The molecule has 0 saturated carbocycles. The number of nitrogens with one attached hydrogen (secondary N) is 2. The first-order valence-corrected chi connectivity index (χ1v) is 7.99. The number of nitrogens with zero attached hydrogens (tertiary/aromatic N) is 1. The summed E-state index contributed by atoms with van der Waals surface area (Å²) in [4.78, 5) is 27.0. The van der Waals surface area contributed by atoms with Gasteiger partial charge < -0.3 is 15.4 Å². The topological polar surface area (TPSA) is 80.3 Å². The van der Waals surface area contributed by atoms with Crippen molar-refractivity contribution in [1.29, 1.82) is 0 Å². The molecule has 0 saturated heterocycles. The molecule has 1 aromatic carbocycles. The maximum atomic E-state index is 11.9. The van der Waals surface area contributed by atoms with Gasteiger partial charge in [-0.2, -0.15) is 13.2 Å². The van der Waals surface area contributed by atoms with Gasteiger partial charge in [0.25, 0.3) is 0 Å². The van der Waals surface area contributed by atoms with Gasteiger partial charge >= 0.3 is 12.3 Å². The molecule has 0 spiro atoms. The number of benzene rings is 1. The van der Waals surface area contributed by atoms with Gasteiger partial charge in [0.2, 0.25) is 5.91 Å². The number of anilines is 1. The van der Waals surface area contributed by atoms with Crippen LogP contribution in [0.4, 0.5) is 23.1 Å². The predicted molar refractivity (Wildman–Crippen MR) is 86.2 cm³/mol. The Bertz CT molecular complexity index is 720. The van der Waals surface area contributed by atoms with Crippen LogP contribution in [0.5, 0.6) is 0 Å². The molecule has 2 amide bonds. The molecule has 0 aliphatic heterocycles. The van der Waals surface area contributed by atoms with Crippen molar-refractivity contribution in [3.05, 3.63) is 35.7 Å². The van der Waals surface area contributed by atoms with E-state index < -0.39 is 24.8 Å². The molecular weight excluding hydrogens is 359 g/mol. The largest absolute Gasteiger partial charge is 0.440 e. The lowest BCUT2D eigenvalue weighted by Crippen LogP contribution is -2.31. The van der Waals surface area contributed by atoms with E-state index in [9.17, 15) is 22.8 Å². The summed E-state index contributed by atoms with van der Waals surface area (Å²) in [5.41, 5.74) is 1.63. The number of alkyl carbamates (subject to hydrolysis) is 1. The van der Waals surface area contributed by atoms with E-state index in [2.05, 4.69) is 20.4 Å². The van der Waals surface area contributed by atoms with Gasteiger partial charge in [0.1, 0.15) is 0 Å². The average Bonchev–Trinajstić information content (AvgIpc) is 3.01. The number of hydrogen-bond acceptors (Lipinski definition) is 5. The van der Waals surface area contributed by atoms with Crippen molar-refractivity contribution >= 4 is 28.5 Å². The first-order chi connectivity index (χ1) is 11.8. The number of carbonyl (C=O) groups is 2. The maximum Gasteiger partial charge on any atom is 0.422 e. The van der Waals surface area contributed by atoms with Crippen molar-refractivity contribution in [2.45, 2.75) is 12.6 Å². The third-order valence-corrected chi connectivity index (χ3v) is 3.57. The van der Waals surface area contributed by atoms with Crippen LogP contribution in [0.1, 0.15) is 6.42 Å². The Kier molecular flexibility index (Phi) is 6.34. The van der Waals surface area contributed by atoms with E-state index in [-0.39, 0.29) is 13.0 Å². The van der Waals surface area contributed by atoms with Gasteiger partial charge in [0.05, 0.1) is 5.69 Å². The van der Waals surface area contributed by atoms with E-state index in [0.717, 1.165) is 11.3 Å². The molecule has 2 aromatic rings. The van der Waals surface area contributed by atoms with Crippen LogP contribution in [0.15, 0.2) is 35.7 Å². The third kappa shape index (κ3) is 6.79. The van der Waals surface area contributed by atoms with Crippen molar-refractivity contribution in [3.63, 3.8) is 0 Å². The minimum atomic E-state index is -4.59. The highest BCUT2D eigenvalue weighted by Crippen LogP contribution is 2.24. The van der Waals surface area contributed by atoms with Crippen molar-refractivity contribution in [2.75, 3.05) is 18.5 Å². The highest BCUT2D eigenvalue weighted by molar-refractivity contribution is 7.14. The van der Waals surface area contributed by atoms with E-state index in [1.54, 1.807) is 5.38 Å². The lowest BCUT2D eigenvalue weighted by Gasteiger charge is -2.08. The van der Waals surface area contributed by atoms with Crippen LogP contribution in [-0.4, -0.2) is 36.3 Å². The van der Waals surface area contributed by atoms with Gasteiger partial charge in [0, 0.05) is 23.9 Å². The van der Waals surface area contributed by atoms with Crippen molar-refractivity contribution in [1.82, 2.24) is 10.3 Å². The first-order valence-electron chi connectivity index (χ1n) is 7.12. The highest BCUT2D eigenvalue weighted by atomic mass is 32.1. The Hall–Kier alpha value is -2.62. The summed E-state index contributed by atoms with van der Waals surface area (Å²) >= 11 is 1.24. The Labute approximate surface area is 145 Å². The molecule has 1 aromatic heterocycles. The number of rotatable bonds is 6. The second-order valence-corrected chi connectivity index (χ2v) is 5.68. The molecule has 0 atom stereocenters. The van der Waals surface area contributed by atoms with E-state index in [1.807, 2.05) is 30.3 Å².